The second-order valence-electron chi connectivity index (χ2n) is 15.8. The van der Waals surface area contributed by atoms with Crippen molar-refractivity contribution in [3.63, 3.8) is 0 Å². The number of piperidine rings is 1. The lowest BCUT2D eigenvalue weighted by molar-refractivity contribution is -0.150. The van der Waals surface area contributed by atoms with Crippen LogP contribution in [0.2, 0.25) is 0 Å². The van der Waals surface area contributed by atoms with Crippen LogP contribution in [-0.4, -0.2) is 77.4 Å². The highest BCUT2D eigenvalue weighted by Gasteiger charge is 2.53. The summed E-state index contributed by atoms with van der Waals surface area (Å²) in [6, 6.07) is 3.86. The highest BCUT2D eigenvalue weighted by molar-refractivity contribution is 5.98. The number of nitrogens with one attached hydrogen (secondary N) is 2. The van der Waals surface area contributed by atoms with Gasteiger partial charge in [-0.2, -0.15) is 5.26 Å². The van der Waals surface area contributed by atoms with Crippen molar-refractivity contribution in [3.05, 3.63) is 23.3 Å². The van der Waals surface area contributed by atoms with Gasteiger partial charge in [0.1, 0.15) is 23.2 Å². The molecule has 12 heteroatoms. The molecule has 2 heterocycles. The lowest BCUT2D eigenvalue weighted by Crippen LogP contribution is -2.62. The van der Waals surface area contributed by atoms with E-state index in [1.54, 1.807) is 11.8 Å². The standard InChI is InChI=1S/C36H50N4O8/c1-34(2,3)48-33(45)40-22-8-9-26(40)29(31(42)38-20-35(4)12-7-13-35)25(17-22)39-30(41)24-18-27(21(19-37)16-28(24)46-6)47-23-10-14-36(5,15-11-23)32(43)44/h16,18,22-23,25-26,29H,7-15,17,20H2,1-6H3,(H,38,42)(H,39,41)(H,43,44)/t22-,23?,25+,26+,29+,36?/m0/s1. The molecule has 2 saturated heterocycles. The smallest absolute Gasteiger partial charge is 0.410 e. The molecule has 262 valence electrons. The highest BCUT2D eigenvalue weighted by atomic mass is 16.6. The molecule has 5 rings (SSSR count). The van der Waals surface area contributed by atoms with Crippen LogP contribution in [0.25, 0.3) is 0 Å². The molecule has 48 heavy (non-hydrogen) atoms. The maximum atomic E-state index is 14.0. The van der Waals surface area contributed by atoms with Gasteiger partial charge in [0.2, 0.25) is 5.91 Å². The Morgan fingerprint density at radius 3 is 2.29 bits per heavy atom. The fourth-order valence-corrected chi connectivity index (χ4v) is 7.76. The minimum absolute atomic E-state index is 0.0446. The number of carbonyl (C=O) groups is 4. The molecule has 4 fully saturated rings. The van der Waals surface area contributed by atoms with Crippen LogP contribution in [-0.2, 0) is 14.3 Å². The Morgan fingerprint density at radius 2 is 1.73 bits per heavy atom. The van der Waals surface area contributed by atoms with Gasteiger partial charge in [0.15, 0.2) is 0 Å². The Labute approximate surface area is 282 Å². The first-order valence-corrected chi connectivity index (χ1v) is 17.2. The lowest BCUT2D eigenvalue weighted by Gasteiger charge is -2.45. The third kappa shape index (κ3) is 7.35. The van der Waals surface area contributed by atoms with E-state index >= 15 is 0 Å². The van der Waals surface area contributed by atoms with Crippen LogP contribution in [0, 0.1) is 28.1 Å². The largest absolute Gasteiger partial charge is 0.496 e. The van der Waals surface area contributed by atoms with Crippen molar-refractivity contribution in [3.8, 4) is 17.6 Å². The number of carboxylic acids is 1. The summed E-state index contributed by atoms with van der Waals surface area (Å²) < 4.78 is 17.5. The first kappa shape index (κ1) is 35.3. The third-order valence-electron chi connectivity index (χ3n) is 10.9. The average Bonchev–Trinajstić information content (AvgIpc) is 3.33. The number of ether oxygens (including phenoxy) is 3. The van der Waals surface area contributed by atoms with Gasteiger partial charge < -0.3 is 34.9 Å². The molecule has 3 amide bonds. The summed E-state index contributed by atoms with van der Waals surface area (Å²) in [5, 5.41) is 25.8. The molecule has 0 unspecified atom stereocenters. The number of hydrogen-bond donors (Lipinski definition) is 3. The molecule has 12 nitrogen and oxygen atoms in total. The molecule has 1 aromatic carbocycles. The molecule has 4 atom stereocenters. The van der Waals surface area contributed by atoms with E-state index in [0.717, 1.165) is 19.3 Å². The number of aliphatic carboxylic acids is 1. The molecule has 3 N–H and O–H groups in total. The van der Waals surface area contributed by atoms with Crippen molar-refractivity contribution in [1.29, 1.82) is 5.26 Å². The van der Waals surface area contributed by atoms with E-state index in [-0.39, 0.29) is 46.1 Å². The van der Waals surface area contributed by atoms with Crippen LogP contribution < -0.4 is 20.1 Å². The number of carbonyl (C=O) groups excluding carboxylic acids is 3. The maximum Gasteiger partial charge on any atom is 0.410 e. The Kier molecular flexibility index (Phi) is 9.91. The summed E-state index contributed by atoms with van der Waals surface area (Å²) >= 11 is 0. The fraction of sp³-hybridized carbons (Fsp3) is 0.694. The predicted molar refractivity (Wildman–Crippen MR) is 176 cm³/mol. The van der Waals surface area contributed by atoms with Gasteiger partial charge in [-0.1, -0.05) is 13.3 Å². The topological polar surface area (TPSA) is 167 Å². The first-order valence-electron chi connectivity index (χ1n) is 17.2. The van der Waals surface area contributed by atoms with Crippen LogP contribution >= 0.6 is 0 Å². The van der Waals surface area contributed by atoms with E-state index in [2.05, 4.69) is 23.6 Å². The Balaban J connectivity index is 1.38. The van der Waals surface area contributed by atoms with Crippen LogP contribution in [0.3, 0.4) is 0 Å². The molecule has 0 aromatic heterocycles. The van der Waals surface area contributed by atoms with Crippen LogP contribution in [0.15, 0.2) is 12.1 Å². The van der Waals surface area contributed by atoms with Crippen LogP contribution in [0.4, 0.5) is 4.79 Å². The summed E-state index contributed by atoms with van der Waals surface area (Å²) in [5.74, 6) is -1.82. The van der Waals surface area contributed by atoms with Gasteiger partial charge in [0.05, 0.1) is 35.7 Å². The average molecular weight is 667 g/mol. The van der Waals surface area contributed by atoms with Gasteiger partial charge in [-0.15, -0.1) is 0 Å². The molecule has 2 bridgehead atoms. The predicted octanol–water partition coefficient (Wildman–Crippen LogP) is 5.17. The maximum absolute atomic E-state index is 14.0. The Hall–Kier alpha value is -4.01. The zero-order valence-electron chi connectivity index (χ0n) is 29.0. The normalized spacial score (nSPS) is 29.1. The molecule has 2 saturated carbocycles. The number of nitrogens with zero attached hydrogens (tertiary/aromatic N) is 2. The van der Waals surface area contributed by atoms with E-state index in [4.69, 9.17) is 14.2 Å². The van der Waals surface area contributed by atoms with E-state index in [0.29, 0.717) is 51.5 Å². The highest BCUT2D eigenvalue weighted by Crippen LogP contribution is 2.43. The number of amides is 3. The SMILES string of the molecule is COc1cc(C#N)c(OC2CCC(C)(C(=O)O)CC2)cc1C(=O)N[C@@H]1C[C@@H]2CC[C@H]([C@@H]1C(=O)NCC1(C)CCC1)N2C(=O)OC(C)(C)C. The second kappa shape index (κ2) is 13.5. The van der Waals surface area contributed by atoms with E-state index in [1.807, 2.05) is 20.8 Å². The number of benzene rings is 1. The minimum Gasteiger partial charge on any atom is -0.496 e. The Bertz CT molecular complexity index is 1470. The van der Waals surface area contributed by atoms with Crippen molar-refractivity contribution >= 4 is 23.9 Å². The lowest BCUT2D eigenvalue weighted by atomic mass is 9.70. The summed E-state index contributed by atoms with van der Waals surface area (Å²) in [4.78, 5) is 54.8. The summed E-state index contributed by atoms with van der Waals surface area (Å²) in [5.41, 5.74) is -1.12. The summed E-state index contributed by atoms with van der Waals surface area (Å²) in [6.45, 7) is 9.86. The van der Waals surface area contributed by atoms with E-state index in [9.17, 15) is 29.5 Å². The van der Waals surface area contributed by atoms with Crippen molar-refractivity contribution in [1.82, 2.24) is 15.5 Å². The molecule has 2 aliphatic heterocycles. The van der Waals surface area contributed by atoms with Gasteiger partial charge in [-0.3, -0.25) is 14.4 Å². The van der Waals surface area contributed by atoms with Crippen LogP contribution in [0.5, 0.6) is 11.5 Å². The van der Waals surface area contributed by atoms with Crippen molar-refractivity contribution in [2.24, 2.45) is 16.7 Å². The van der Waals surface area contributed by atoms with Crippen molar-refractivity contribution in [2.45, 2.75) is 129 Å². The molecular formula is C36H50N4O8. The minimum atomic E-state index is -0.836. The fourth-order valence-electron chi connectivity index (χ4n) is 7.76. The molecule has 4 aliphatic rings. The van der Waals surface area contributed by atoms with Gasteiger partial charge in [-0.05, 0) is 97.0 Å². The number of rotatable bonds is 9. The van der Waals surface area contributed by atoms with E-state index in [1.165, 1.54) is 19.2 Å². The summed E-state index contributed by atoms with van der Waals surface area (Å²) in [7, 11) is 1.42. The summed E-state index contributed by atoms with van der Waals surface area (Å²) in [6.07, 6.45) is 5.99. The monoisotopic (exact) mass is 666 g/mol. The number of carboxylic acid groups (broad SMARTS) is 1. The van der Waals surface area contributed by atoms with Gasteiger partial charge in [0.25, 0.3) is 5.91 Å². The molecular weight excluding hydrogens is 616 g/mol. The van der Waals surface area contributed by atoms with Crippen molar-refractivity contribution in [2.75, 3.05) is 13.7 Å². The molecule has 0 radical (unpaired) electrons. The molecule has 2 aliphatic carbocycles. The molecule has 1 aromatic rings. The number of fused-ring (bicyclic) bond motifs is 2. The number of hydrogen-bond acceptors (Lipinski definition) is 8. The zero-order valence-corrected chi connectivity index (χ0v) is 29.0. The Morgan fingerprint density at radius 1 is 1.04 bits per heavy atom. The second-order valence-corrected chi connectivity index (χ2v) is 15.8. The van der Waals surface area contributed by atoms with Gasteiger partial charge in [0, 0.05) is 30.7 Å². The van der Waals surface area contributed by atoms with Gasteiger partial charge >= 0.3 is 12.1 Å². The quantitative estimate of drug-likeness (QED) is 0.322. The van der Waals surface area contributed by atoms with Crippen molar-refractivity contribution < 1.29 is 38.5 Å². The van der Waals surface area contributed by atoms with Crippen LogP contribution in [0.1, 0.15) is 115 Å². The first-order chi connectivity index (χ1) is 22.6. The number of nitriles is 1. The molecule has 0 spiro atoms. The van der Waals surface area contributed by atoms with Gasteiger partial charge in [-0.25, -0.2) is 4.79 Å². The van der Waals surface area contributed by atoms with E-state index < -0.39 is 47.0 Å². The number of methoxy groups -OCH3 is 1. The zero-order chi connectivity index (χ0) is 35.0. The third-order valence-corrected chi connectivity index (χ3v) is 10.9.